The average molecular weight is 460 g/mol. The summed E-state index contributed by atoms with van der Waals surface area (Å²) in [6.45, 7) is 0.0359. The maximum absolute atomic E-state index is 12.3. The number of carbonyl (C=O) groups excluding carboxylic acids is 3. The van der Waals surface area contributed by atoms with Gasteiger partial charge >= 0.3 is 12.0 Å². The van der Waals surface area contributed by atoms with E-state index in [2.05, 4.69) is 10.6 Å². The topological polar surface area (TPSA) is 107 Å². The van der Waals surface area contributed by atoms with E-state index in [-0.39, 0.29) is 13.0 Å². The van der Waals surface area contributed by atoms with Crippen molar-refractivity contribution in [3.8, 4) is 21.1 Å². The van der Waals surface area contributed by atoms with Gasteiger partial charge in [-0.2, -0.15) is 0 Å². The Labute approximate surface area is 187 Å². The summed E-state index contributed by atoms with van der Waals surface area (Å²) in [5.41, 5.74) is 1.70. The molecule has 0 bridgehead atoms. The molecule has 3 rings (SSSR count). The highest BCUT2D eigenvalue weighted by molar-refractivity contribution is 7.17. The van der Waals surface area contributed by atoms with Crippen molar-refractivity contribution < 1.29 is 23.9 Å². The van der Waals surface area contributed by atoms with Crippen molar-refractivity contribution >= 4 is 40.6 Å². The SMILES string of the molecule is COCCNC(=O)NC(=O)COC(=O)Cc1sc(-c2ccccc2)nc1-c1cccs1. The molecule has 1 aromatic carbocycles. The lowest BCUT2D eigenvalue weighted by molar-refractivity contribution is -0.147. The molecule has 0 aliphatic carbocycles. The van der Waals surface area contributed by atoms with Gasteiger partial charge < -0.3 is 14.8 Å². The zero-order chi connectivity index (χ0) is 22.1. The molecule has 162 valence electrons. The second-order valence-corrected chi connectivity index (χ2v) is 8.30. The Morgan fingerprint density at radius 1 is 1.10 bits per heavy atom. The summed E-state index contributed by atoms with van der Waals surface area (Å²) >= 11 is 2.95. The number of ether oxygens (including phenoxy) is 2. The lowest BCUT2D eigenvalue weighted by atomic mass is 10.2. The van der Waals surface area contributed by atoms with Gasteiger partial charge in [-0.25, -0.2) is 9.78 Å². The van der Waals surface area contributed by atoms with Crippen molar-refractivity contribution in [1.82, 2.24) is 15.6 Å². The highest BCUT2D eigenvalue weighted by Gasteiger charge is 2.19. The molecule has 0 radical (unpaired) electrons. The number of amides is 3. The molecule has 0 unspecified atom stereocenters. The van der Waals surface area contributed by atoms with E-state index >= 15 is 0 Å². The molecule has 3 aromatic rings. The molecule has 10 heteroatoms. The molecule has 0 fully saturated rings. The summed E-state index contributed by atoms with van der Waals surface area (Å²) in [5, 5.41) is 7.28. The van der Waals surface area contributed by atoms with Crippen LogP contribution in [0.25, 0.3) is 21.1 Å². The van der Waals surface area contributed by atoms with E-state index in [0.717, 1.165) is 26.0 Å². The first kappa shape index (κ1) is 22.6. The number of urea groups is 1. The Kier molecular flexibility index (Phi) is 8.27. The standard InChI is InChI=1S/C21H21N3O5S2/c1-28-10-9-22-21(27)23-17(25)13-29-18(26)12-16-19(15-8-5-11-30-15)24-20(31-16)14-6-3-2-4-7-14/h2-8,11H,9-10,12-13H2,1H3,(H2,22,23,25,27). The number of hydrogen-bond acceptors (Lipinski definition) is 8. The molecule has 31 heavy (non-hydrogen) atoms. The number of thiophene rings is 1. The first-order valence-corrected chi connectivity index (χ1v) is 11.1. The van der Waals surface area contributed by atoms with Gasteiger partial charge in [-0.3, -0.25) is 14.9 Å². The van der Waals surface area contributed by atoms with Crippen molar-refractivity contribution in [3.05, 3.63) is 52.7 Å². The van der Waals surface area contributed by atoms with E-state index in [1.807, 2.05) is 47.8 Å². The minimum Gasteiger partial charge on any atom is -0.455 e. The number of esters is 1. The van der Waals surface area contributed by atoms with Gasteiger partial charge in [0.1, 0.15) is 5.01 Å². The number of hydrogen-bond donors (Lipinski definition) is 2. The largest absolute Gasteiger partial charge is 0.455 e. The molecular formula is C21H21N3O5S2. The quantitative estimate of drug-likeness (QED) is 0.376. The van der Waals surface area contributed by atoms with Gasteiger partial charge in [-0.05, 0) is 11.4 Å². The van der Waals surface area contributed by atoms with Crippen LogP contribution >= 0.6 is 22.7 Å². The molecule has 2 aromatic heterocycles. The van der Waals surface area contributed by atoms with E-state index in [4.69, 9.17) is 14.5 Å². The van der Waals surface area contributed by atoms with E-state index < -0.39 is 24.5 Å². The van der Waals surface area contributed by atoms with Crippen molar-refractivity contribution in [1.29, 1.82) is 0 Å². The first-order chi connectivity index (χ1) is 15.1. The van der Waals surface area contributed by atoms with Gasteiger partial charge in [-0.1, -0.05) is 36.4 Å². The number of nitrogens with one attached hydrogen (secondary N) is 2. The van der Waals surface area contributed by atoms with Crippen LogP contribution in [0.5, 0.6) is 0 Å². The molecule has 0 spiro atoms. The van der Waals surface area contributed by atoms with E-state index in [9.17, 15) is 14.4 Å². The van der Waals surface area contributed by atoms with Crippen LogP contribution in [0, 0.1) is 0 Å². The predicted molar refractivity (Wildman–Crippen MR) is 119 cm³/mol. The van der Waals surface area contributed by atoms with Crippen LogP contribution in [-0.4, -0.2) is 49.8 Å². The molecule has 2 N–H and O–H groups in total. The summed E-state index contributed by atoms with van der Waals surface area (Å²) in [5.74, 6) is -1.29. The van der Waals surface area contributed by atoms with Gasteiger partial charge in [0.15, 0.2) is 6.61 Å². The normalized spacial score (nSPS) is 10.5. The Balaban J connectivity index is 1.61. The van der Waals surface area contributed by atoms with Gasteiger partial charge in [0.05, 0.1) is 23.6 Å². The van der Waals surface area contributed by atoms with Gasteiger partial charge in [0.2, 0.25) is 0 Å². The maximum atomic E-state index is 12.3. The summed E-state index contributed by atoms with van der Waals surface area (Å²) in [6.07, 6.45) is -0.0228. The van der Waals surface area contributed by atoms with Crippen LogP contribution < -0.4 is 10.6 Å². The molecule has 0 saturated carbocycles. The second-order valence-electron chi connectivity index (χ2n) is 6.27. The van der Waals surface area contributed by atoms with Crippen LogP contribution in [-0.2, 0) is 25.5 Å². The predicted octanol–water partition coefficient (Wildman–Crippen LogP) is 3.10. The Morgan fingerprint density at radius 3 is 2.61 bits per heavy atom. The van der Waals surface area contributed by atoms with Crippen LogP contribution in [0.1, 0.15) is 4.88 Å². The molecule has 0 aliphatic rings. The minimum absolute atomic E-state index is 0.0228. The van der Waals surface area contributed by atoms with Crippen LogP contribution in [0.15, 0.2) is 47.8 Å². The lowest BCUT2D eigenvalue weighted by Gasteiger charge is -2.07. The molecule has 0 saturated heterocycles. The third-order valence-corrected chi connectivity index (χ3v) is 5.97. The van der Waals surface area contributed by atoms with E-state index in [0.29, 0.717) is 6.61 Å². The van der Waals surface area contributed by atoms with Crippen LogP contribution in [0.4, 0.5) is 4.79 Å². The second kappa shape index (κ2) is 11.3. The molecule has 2 heterocycles. The lowest BCUT2D eigenvalue weighted by Crippen LogP contribution is -2.42. The highest BCUT2D eigenvalue weighted by Crippen LogP contribution is 2.36. The molecular weight excluding hydrogens is 438 g/mol. The van der Waals surface area contributed by atoms with Crippen molar-refractivity contribution in [2.75, 3.05) is 26.9 Å². The number of aromatic nitrogens is 1. The number of carbonyl (C=O) groups is 3. The van der Waals surface area contributed by atoms with Gasteiger partial charge in [-0.15, -0.1) is 22.7 Å². The summed E-state index contributed by atoms with van der Waals surface area (Å²) in [4.78, 5) is 42.1. The zero-order valence-corrected chi connectivity index (χ0v) is 18.4. The number of methoxy groups -OCH3 is 1. The zero-order valence-electron chi connectivity index (χ0n) is 16.8. The highest BCUT2D eigenvalue weighted by atomic mass is 32.1. The number of imide groups is 1. The fraction of sp³-hybridized carbons (Fsp3) is 0.238. The van der Waals surface area contributed by atoms with Gasteiger partial charge in [0, 0.05) is 24.1 Å². The minimum atomic E-state index is -0.712. The third kappa shape index (κ3) is 6.71. The smallest absolute Gasteiger partial charge is 0.321 e. The van der Waals surface area contributed by atoms with Gasteiger partial charge in [0.25, 0.3) is 5.91 Å². The monoisotopic (exact) mass is 459 g/mol. The fourth-order valence-corrected chi connectivity index (χ4v) is 4.46. The summed E-state index contributed by atoms with van der Waals surface area (Å²) < 4.78 is 9.85. The van der Waals surface area contributed by atoms with Crippen LogP contribution in [0.3, 0.4) is 0 Å². The molecule has 0 atom stereocenters. The number of benzene rings is 1. The molecule has 8 nitrogen and oxygen atoms in total. The van der Waals surface area contributed by atoms with E-state index in [1.54, 1.807) is 0 Å². The maximum Gasteiger partial charge on any atom is 0.321 e. The molecule has 3 amide bonds. The third-order valence-electron chi connectivity index (χ3n) is 3.99. The average Bonchev–Trinajstić information content (AvgIpc) is 3.43. The number of nitrogens with zero attached hydrogens (tertiary/aromatic N) is 1. The first-order valence-electron chi connectivity index (χ1n) is 9.38. The Bertz CT molecular complexity index is 1020. The van der Waals surface area contributed by atoms with Crippen molar-refractivity contribution in [2.24, 2.45) is 0 Å². The fourth-order valence-electron chi connectivity index (χ4n) is 2.58. The molecule has 0 aliphatic heterocycles. The summed E-state index contributed by atoms with van der Waals surface area (Å²) in [6, 6.07) is 12.9. The van der Waals surface area contributed by atoms with Crippen molar-refractivity contribution in [2.45, 2.75) is 6.42 Å². The Hall–Kier alpha value is -3.08. The van der Waals surface area contributed by atoms with E-state index in [1.165, 1.54) is 29.8 Å². The van der Waals surface area contributed by atoms with Crippen LogP contribution in [0.2, 0.25) is 0 Å². The number of rotatable bonds is 9. The van der Waals surface area contributed by atoms with Crippen molar-refractivity contribution in [3.63, 3.8) is 0 Å². The number of thiazole rings is 1. The Morgan fingerprint density at radius 2 is 1.90 bits per heavy atom. The summed E-state index contributed by atoms with van der Waals surface area (Å²) in [7, 11) is 1.50.